The van der Waals surface area contributed by atoms with Crippen LogP contribution < -0.4 is 5.32 Å². The summed E-state index contributed by atoms with van der Waals surface area (Å²) in [6.07, 6.45) is 4.83. The van der Waals surface area contributed by atoms with Crippen molar-refractivity contribution in [3.63, 3.8) is 0 Å². The van der Waals surface area contributed by atoms with Gasteiger partial charge in [-0.3, -0.25) is 4.79 Å². The van der Waals surface area contributed by atoms with E-state index in [1.807, 2.05) is 6.07 Å². The molecule has 27 heavy (non-hydrogen) atoms. The summed E-state index contributed by atoms with van der Waals surface area (Å²) in [5.41, 5.74) is 1.62. The lowest BCUT2D eigenvalue weighted by atomic mass is 9.97. The molecule has 0 aromatic carbocycles. The van der Waals surface area contributed by atoms with E-state index in [0.717, 1.165) is 32.0 Å². The van der Waals surface area contributed by atoms with Crippen molar-refractivity contribution in [3.8, 4) is 0 Å². The summed E-state index contributed by atoms with van der Waals surface area (Å²) in [6, 6.07) is 3.62. The number of rotatable bonds is 6. The Balaban J connectivity index is 1.39. The number of hydrogen-bond acceptors (Lipinski definition) is 4. The largest absolute Gasteiger partial charge is 0.444 e. The minimum Gasteiger partial charge on any atom is -0.444 e. The van der Waals surface area contributed by atoms with Crippen LogP contribution in [0.3, 0.4) is 0 Å². The molecule has 2 aromatic heterocycles. The number of nitrogens with one attached hydrogen (secondary N) is 2. The molecule has 2 aromatic rings. The van der Waals surface area contributed by atoms with Crippen molar-refractivity contribution in [2.75, 3.05) is 19.6 Å². The first-order valence-corrected chi connectivity index (χ1v) is 11.4. The van der Waals surface area contributed by atoms with E-state index in [1.165, 1.54) is 11.3 Å². The van der Waals surface area contributed by atoms with E-state index in [0.29, 0.717) is 31.1 Å². The van der Waals surface area contributed by atoms with Crippen molar-refractivity contribution in [1.29, 1.82) is 0 Å². The average molecular weight is 522 g/mol. The van der Waals surface area contributed by atoms with Crippen LogP contribution in [-0.4, -0.2) is 41.5 Å². The quantitative estimate of drug-likeness (QED) is 0.436. The summed E-state index contributed by atoms with van der Waals surface area (Å²) in [7, 11) is 0. The van der Waals surface area contributed by atoms with Crippen molar-refractivity contribution in [2.24, 2.45) is 5.92 Å². The second kappa shape index (κ2) is 9.79. The van der Waals surface area contributed by atoms with E-state index >= 15 is 0 Å². The van der Waals surface area contributed by atoms with Crippen LogP contribution in [0.5, 0.6) is 0 Å². The predicted octanol–water partition coefficient (Wildman–Crippen LogP) is 4.44. The number of piperidine rings is 1. The van der Waals surface area contributed by atoms with E-state index in [-0.39, 0.29) is 18.6 Å². The monoisotopic (exact) mass is 521 g/mol. The van der Waals surface area contributed by atoms with Gasteiger partial charge >= 0.3 is 6.09 Å². The van der Waals surface area contributed by atoms with Crippen LogP contribution in [0.15, 0.2) is 24.5 Å². The van der Waals surface area contributed by atoms with E-state index in [1.54, 1.807) is 23.4 Å². The number of hydrogen-bond donors (Lipinski definition) is 2. The Morgan fingerprint density at radius 3 is 2.85 bits per heavy atom. The molecule has 0 unspecified atom stereocenters. The second-order valence-electron chi connectivity index (χ2n) is 6.43. The fourth-order valence-corrected chi connectivity index (χ4v) is 5.13. The Kier molecular flexibility index (Phi) is 7.42. The molecule has 1 aliphatic heterocycles. The van der Waals surface area contributed by atoms with Crippen LogP contribution in [-0.2, 0) is 15.8 Å². The summed E-state index contributed by atoms with van der Waals surface area (Å²) in [6.45, 7) is 2.17. The van der Waals surface area contributed by atoms with Crippen molar-refractivity contribution in [1.82, 2.24) is 15.2 Å². The van der Waals surface area contributed by atoms with Gasteiger partial charge in [-0.1, -0.05) is 34.2 Å². The SMILES string of the molecule is O=C(NCC1CCN(C(=O)OCc2cc(Cl)sc2CI)CC1)c1cc[nH]c1. The fourth-order valence-electron chi connectivity index (χ4n) is 3.02. The zero-order chi connectivity index (χ0) is 19.2. The normalized spacial score (nSPS) is 15.0. The number of halogens is 2. The Hall–Kier alpha value is -1.26. The van der Waals surface area contributed by atoms with Gasteiger partial charge in [0, 0.05) is 46.9 Å². The molecule has 2 amide bonds. The van der Waals surface area contributed by atoms with Gasteiger partial charge in [0.25, 0.3) is 5.91 Å². The standard InChI is InChI=1S/C18H21ClIN3O3S/c19-16-7-14(15(8-20)27-16)11-26-18(25)23-5-2-12(3-6-23)9-22-17(24)13-1-4-21-10-13/h1,4,7,10,12,21H,2-3,5-6,8-9,11H2,(H,22,24). The zero-order valence-corrected chi connectivity index (χ0v) is 18.4. The minimum atomic E-state index is -0.286. The molecule has 2 N–H and O–H groups in total. The highest BCUT2D eigenvalue weighted by Gasteiger charge is 2.24. The summed E-state index contributed by atoms with van der Waals surface area (Å²) >= 11 is 9.85. The smallest absolute Gasteiger partial charge is 0.410 e. The second-order valence-corrected chi connectivity index (χ2v) is 8.96. The zero-order valence-electron chi connectivity index (χ0n) is 14.7. The number of amides is 2. The molecule has 146 valence electrons. The number of H-pyrrole nitrogens is 1. The number of thiophene rings is 1. The van der Waals surface area contributed by atoms with Crippen molar-refractivity contribution in [2.45, 2.75) is 23.9 Å². The molecule has 0 atom stereocenters. The molecule has 0 bridgehead atoms. The summed E-state index contributed by atoms with van der Waals surface area (Å²) in [5.74, 6) is 0.303. The molecule has 1 aliphatic rings. The maximum Gasteiger partial charge on any atom is 0.410 e. The molecule has 1 fully saturated rings. The first kappa shape index (κ1) is 20.5. The Morgan fingerprint density at radius 2 is 2.19 bits per heavy atom. The first-order valence-electron chi connectivity index (χ1n) is 8.72. The van der Waals surface area contributed by atoms with Gasteiger partial charge < -0.3 is 19.9 Å². The average Bonchev–Trinajstić information content (AvgIpc) is 3.34. The lowest BCUT2D eigenvalue weighted by Crippen LogP contribution is -2.41. The van der Waals surface area contributed by atoms with Gasteiger partial charge in [-0.2, -0.15) is 0 Å². The van der Waals surface area contributed by atoms with Gasteiger partial charge in [-0.15, -0.1) is 11.3 Å². The first-order chi connectivity index (χ1) is 13.1. The molecule has 0 saturated carbocycles. The molecule has 0 spiro atoms. The van der Waals surface area contributed by atoms with E-state index < -0.39 is 0 Å². The third kappa shape index (κ3) is 5.61. The van der Waals surface area contributed by atoms with Gasteiger partial charge in [0.05, 0.1) is 9.90 Å². The number of likely N-dealkylation sites (tertiary alicyclic amines) is 1. The number of ether oxygens (including phenoxy) is 1. The third-order valence-electron chi connectivity index (χ3n) is 4.62. The highest BCUT2D eigenvalue weighted by atomic mass is 127. The highest BCUT2D eigenvalue weighted by molar-refractivity contribution is 14.1. The molecule has 0 radical (unpaired) electrons. The molecule has 9 heteroatoms. The molecule has 6 nitrogen and oxygen atoms in total. The van der Waals surface area contributed by atoms with E-state index in [2.05, 4.69) is 32.9 Å². The van der Waals surface area contributed by atoms with Gasteiger partial charge in [0.1, 0.15) is 6.61 Å². The highest BCUT2D eigenvalue weighted by Crippen LogP contribution is 2.29. The van der Waals surface area contributed by atoms with E-state index in [4.69, 9.17) is 16.3 Å². The number of aromatic amines is 1. The van der Waals surface area contributed by atoms with Crippen molar-refractivity contribution >= 4 is 57.5 Å². The molecular weight excluding hydrogens is 501 g/mol. The molecule has 3 rings (SSSR count). The fraction of sp³-hybridized carbons (Fsp3) is 0.444. The Labute approximate surface area is 180 Å². The number of carbonyl (C=O) groups is 2. The van der Waals surface area contributed by atoms with Crippen molar-refractivity contribution < 1.29 is 14.3 Å². The number of carbonyl (C=O) groups excluding carboxylic acids is 2. The van der Waals surface area contributed by atoms with Crippen LogP contribution in [0.4, 0.5) is 4.79 Å². The minimum absolute atomic E-state index is 0.0708. The van der Waals surface area contributed by atoms with Gasteiger partial charge in [0.2, 0.25) is 0 Å². The van der Waals surface area contributed by atoms with Gasteiger partial charge in [-0.05, 0) is 30.9 Å². The molecule has 3 heterocycles. The molecule has 1 saturated heterocycles. The topological polar surface area (TPSA) is 74.4 Å². The number of alkyl halides is 1. The van der Waals surface area contributed by atoms with Crippen LogP contribution in [0.25, 0.3) is 0 Å². The van der Waals surface area contributed by atoms with Crippen LogP contribution in [0.2, 0.25) is 4.34 Å². The summed E-state index contributed by atoms with van der Waals surface area (Å²) in [5, 5.41) is 2.95. The van der Waals surface area contributed by atoms with Crippen molar-refractivity contribution in [3.05, 3.63) is 44.9 Å². The Bertz CT molecular complexity index is 773. The maximum absolute atomic E-state index is 12.3. The molecule has 0 aliphatic carbocycles. The van der Waals surface area contributed by atoms with Gasteiger partial charge in [0.15, 0.2) is 0 Å². The van der Waals surface area contributed by atoms with Crippen LogP contribution >= 0.6 is 45.5 Å². The number of aromatic nitrogens is 1. The predicted molar refractivity (Wildman–Crippen MR) is 115 cm³/mol. The molecular formula is C18H21ClIN3O3S. The van der Waals surface area contributed by atoms with Crippen LogP contribution in [0.1, 0.15) is 33.6 Å². The Morgan fingerprint density at radius 1 is 1.41 bits per heavy atom. The van der Waals surface area contributed by atoms with E-state index in [9.17, 15) is 9.59 Å². The van der Waals surface area contributed by atoms with Gasteiger partial charge in [-0.25, -0.2) is 4.79 Å². The number of nitrogens with zero attached hydrogens (tertiary/aromatic N) is 1. The third-order valence-corrected chi connectivity index (χ3v) is 7.21. The van der Waals surface area contributed by atoms with Crippen LogP contribution in [0, 0.1) is 5.92 Å². The lowest BCUT2D eigenvalue weighted by Gasteiger charge is -2.31. The lowest BCUT2D eigenvalue weighted by molar-refractivity contribution is 0.0800. The summed E-state index contributed by atoms with van der Waals surface area (Å²) < 4.78 is 7.03. The summed E-state index contributed by atoms with van der Waals surface area (Å²) in [4.78, 5) is 30.0. The maximum atomic E-state index is 12.3.